The van der Waals surface area contributed by atoms with E-state index in [0.717, 1.165) is 20.7 Å². The molecular weight excluding hydrogens is 365 g/mol. The highest BCUT2D eigenvalue weighted by atomic mass is 79.9. The number of para-hydroxylation sites is 1. The molecule has 0 aliphatic carbocycles. The summed E-state index contributed by atoms with van der Waals surface area (Å²) in [5, 5.41) is 12.5. The lowest BCUT2D eigenvalue weighted by atomic mass is 10.2. The van der Waals surface area contributed by atoms with E-state index in [2.05, 4.69) is 37.2 Å². The summed E-state index contributed by atoms with van der Waals surface area (Å²) in [6.45, 7) is 0.423. The van der Waals surface area contributed by atoms with Crippen LogP contribution in [0, 0.1) is 5.82 Å². The molecule has 0 unspecified atom stereocenters. The first-order valence-electron chi connectivity index (χ1n) is 5.22. The van der Waals surface area contributed by atoms with Crippen molar-refractivity contribution in [2.24, 2.45) is 0 Å². The molecule has 2 aromatic rings. The maximum atomic E-state index is 13.1. The van der Waals surface area contributed by atoms with Crippen molar-refractivity contribution in [1.82, 2.24) is 0 Å². The molecule has 2 rings (SSSR count). The number of hydrogen-bond acceptors (Lipinski definition) is 2. The first-order chi connectivity index (χ1) is 8.56. The van der Waals surface area contributed by atoms with Crippen LogP contribution in [0.5, 0.6) is 5.75 Å². The fourth-order valence-corrected chi connectivity index (χ4v) is 2.87. The minimum absolute atomic E-state index is 0.0713. The fraction of sp³-hybridized carbons (Fsp3) is 0.0769. The number of phenolic OH excluding ortho intramolecular Hbond substituents is 1. The van der Waals surface area contributed by atoms with E-state index in [0.29, 0.717) is 12.1 Å². The molecular formula is C13H10Br2FNO. The highest BCUT2D eigenvalue weighted by Crippen LogP contribution is 2.31. The molecule has 2 nitrogen and oxygen atoms in total. The van der Waals surface area contributed by atoms with Crippen LogP contribution in [0.4, 0.5) is 10.1 Å². The predicted octanol–water partition coefficient (Wildman–Crippen LogP) is 4.67. The van der Waals surface area contributed by atoms with Gasteiger partial charge in [0.15, 0.2) is 0 Å². The molecule has 0 saturated heterocycles. The Morgan fingerprint density at radius 3 is 2.39 bits per heavy atom. The SMILES string of the molecule is Oc1cc(F)cc(CNc2c(Br)cccc2Br)c1. The van der Waals surface area contributed by atoms with Gasteiger partial charge in [-0.2, -0.15) is 0 Å². The van der Waals surface area contributed by atoms with Crippen molar-refractivity contribution in [1.29, 1.82) is 0 Å². The second kappa shape index (κ2) is 5.71. The van der Waals surface area contributed by atoms with Gasteiger partial charge in [-0.3, -0.25) is 0 Å². The minimum atomic E-state index is -0.446. The van der Waals surface area contributed by atoms with Gasteiger partial charge >= 0.3 is 0 Å². The lowest BCUT2D eigenvalue weighted by Gasteiger charge is -2.11. The normalized spacial score (nSPS) is 10.4. The highest BCUT2D eigenvalue weighted by molar-refractivity contribution is 9.11. The topological polar surface area (TPSA) is 32.3 Å². The van der Waals surface area contributed by atoms with Gasteiger partial charge in [0.05, 0.1) is 5.69 Å². The van der Waals surface area contributed by atoms with Gasteiger partial charge in [-0.25, -0.2) is 4.39 Å². The van der Waals surface area contributed by atoms with E-state index >= 15 is 0 Å². The average molecular weight is 375 g/mol. The van der Waals surface area contributed by atoms with Crippen molar-refractivity contribution >= 4 is 37.5 Å². The Morgan fingerprint density at radius 1 is 1.11 bits per heavy atom. The monoisotopic (exact) mass is 373 g/mol. The summed E-state index contributed by atoms with van der Waals surface area (Å²) in [6.07, 6.45) is 0. The van der Waals surface area contributed by atoms with Gasteiger partial charge in [-0.15, -0.1) is 0 Å². The predicted molar refractivity (Wildman–Crippen MR) is 77.2 cm³/mol. The van der Waals surface area contributed by atoms with Crippen molar-refractivity contribution in [3.05, 3.63) is 56.7 Å². The smallest absolute Gasteiger partial charge is 0.127 e. The van der Waals surface area contributed by atoms with Crippen molar-refractivity contribution in [2.75, 3.05) is 5.32 Å². The van der Waals surface area contributed by atoms with E-state index in [1.54, 1.807) is 0 Å². The van der Waals surface area contributed by atoms with E-state index in [9.17, 15) is 9.50 Å². The standard InChI is InChI=1S/C13H10Br2FNO/c14-11-2-1-3-12(15)13(11)17-7-8-4-9(16)6-10(18)5-8/h1-6,17-18H,7H2. The van der Waals surface area contributed by atoms with Crippen LogP contribution in [0.15, 0.2) is 45.3 Å². The van der Waals surface area contributed by atoms with Crippen molar-refractivity contribution in [3.63, 3.8) is 0 Å². The molecule has 0 aliphatic rings. The second-order valence-corrected chi connectivity index (χ2v) is 5.48. The van der Waals surface area contributed by atoms with Gasteiger partial charge in [0.25, 0.3) is 0 Å². The number of halogens is 3. The lowest BCUT2D eigenvalue weighted by Crippen LogP contribution is -2.01. The molecule has 2 N–H and O–H groups in total. The molecule has 0 bridgehead atoms. The maximum Gasteiger partial charge on any atom is 0.127 e. The van der Waals surface area contributed by atoms with E-state index in [1.165, 1.54) is 12.1 Å². The molecule has 2 aromatic carbocycles. The summed E-state index contributed by atoms with van der Waals surface area (Å²) in [5.41, 5.74) is 1.57. The zero-order valence-corrected chi connectivity index (χ0v) is 12.4. The summed E-state index contributed by atoms with van der Waals surface area (Å²) in [6, 6.07) is 9.73. The number of anilines is 1. The largest absolute Gasteiger partial charge is 0.508 e. The number of hydrogen-bond donors (Lipinski definition) is 2. The third kappa shape index (κ3) is 3.23. The zero-order valence-electron chi connectivity index (χ0n) is 9.25. The Labute approximate surface area is 121 Å². The first-order valence-corrected chi connectivity index (χ1v) is 6.81. The number of phenols is 1. The highest BCUT2D eigenvalue weighted by Gasteiger charge is 2.05. The van der Waals surface area contributed by atoms with Crippen molar-refractivity contribution in [2.45, 2.75) is 6.54 Å². The number of nitrogens with one attached hydrogen (secondary N) is 1. The van der Waals surface area contributed by atoms with Crippen LogP contribution >= 0.6 is 31.9 Å². The molecule has 0 aliphatic heterocycles. The Balaban J connectivity index is 2.16. The summed E-state index contributed by atoms with van der Waals surface area (Å²) in [5.74, 6) is -0.518. The van der Waals surface area contributed by atoms with E-state index in [1.807, 2.05) is 18.2 Å². The minimum Gasteiger partial charge on any atom is -0.508 e. The molecule has 0 aromatic heterocycles. The number of rotatable bonds is 3. The molecule has 18 heavy (non-hydrogen) atoms. The molecule has 0 spiro atoms. The fourth-order valence-electron chi connectivity index (χ4n) is 1.59. The van der Waals surface area contributed by atoms with Gasteiger partial charge in [-0.05, 0) is 61.7 Å². The third-order valence-electron chi connectivity index (χ3n) is 2.37. The lowest BCUT2D eigenvalue weighted by molar-refractivity contribution is 0.468. The average Bonchev–Trinajstić information content (AvgIpc) is 2.27. The van der Waals surface area contributed by atoms with Crippen LogP contribution in [0.1, 0.15) is 5.56 Å². The van der Waals surface area contributed by atoms with E-state index in [4.69, 9.17) is 0 Å². The van der Waals surface area contributed by atoms with Crippen LogP contribution in [0.25, 0.3) is 0 Å². The van der Waals surface area contributed by atoms with Gasteiger partial charge < -0.3 is 10.4 Å². The molecule has 0 saturated carbocycles. The molecule has 0 atom stereocenters. The Morgan fingerprint density at radius 2 is 1.78 bits per heavy atom. The van der Waals surface area contributed by atoms with Crippen LogP contribution in [-0.4, -0.2) is 5.11 Å². The van der Waals surface area contributed by atoms with E-state index in [-0.39, 0.29) is 5.75 Å². The summed E-state index contributed by atoms with van der Waals surface area (Å²) >= 11 is 6.87. The van der Waals surface area contributed by atoms with Crippen molar-refractivity contribution < 1.29 is 9.50 Å². The van der Waals surface area contributed by atoms with Gasteiger partial charge in [0.2, 0.25) is 0 Å². The van der Waals surface area contributed by atoms with Gasteiger partial charge in [0, 0.05) is 21.6 Å². The number of aromatic hydroxyl groups is 1. The second-order valence-electron chi connectivity index (χ2n) is 3.77. The maximum absolute atomic E-state index is 13.1. The Hall–Kier alpha value is -1.07. The zero-order chi connectivity index (χ0) is 13.1. The third-order valence-corrected chi connectivity index (χ3v) is 3.70. The first kappa shape index (κ1) is 13.4. The number of benzene rings is 2. The summed E-state index contributed by atoms with van der Waals surface area (Å²) < 4.78 is 14.9. The molecule has 0 amide bonds. The molecule has 94 valence electrons. The van der Waals surface area contributed by atoms with Crippen LogP contribution in [0.3, 0.4) is 0 Å². The molecule has 0 radical (unpaired) electrons. The van der Waals surface area contributed by atoms with Crippen molar-refractivity contribution in [3.8, 4) is 5.75 Å². The summed E-state index contributed by atoms with van der Waals surface area (Å²) in [4.78, 5) is 0. The Bertz CT molecular complexity index is 534. The molecule has 0 heterocycles. The van der Waals surface area contributed by atoms with E-state index < -0.39 is 5.82 Å². The van der Waals surface area contributed by atoms with Crippen LogP contribution in [0.2, 0.25) is 0 Å². The quantitative estimate of drug-likeness (QED) is 0.818. The molecule has 0 fully saturated rings. The molecule has 5 heteroatoms. The Kier molecular flexibility index (Phi) is 4.24. The summed E-state index contributed by atoms with van der Waals surface area (Å²) in [7, 11) is 0. The van der Waals surface area contributed by atoms with Gasteiger partial charge in [0.1, 0.15) is 11.6 Å². The van der Waals surface area contributed by atoms with Crippen LogP contribution < -0.4 is 5.32 Å². The van der Waals surface area contributed by atoms with Gasteiger partial charge in [-0.1, -0.05) is 6.07 Å². The van der Waals surface area contributed by atoms with Crippen LogP contribution in [-0.2, 0) is 6.54 Å².